The minimum Gasteiger partial charge on any atom is -0.299 e. The second-order valence-corrected chi connectivity index (χ2v) is 6.05. The Hall–Kier alpha value is -1.11. The molecule has 2 aliphatic carbocycles. The Balaban J connectivity index is 1.78. The van der Waals surface area contributed by atoms with Gasteiger partial charge in [0.05, 0.1) is 0 Å². The van der Waals surface area contributed by atoms with E-state index in [4.69, 9.17) is 0 Å². The summed E-state index contributed by atoms with van der Waals surface area (Å²) < 4.78 is 0. The first-order chi connectivity index (χ1) is 8.74. The maximum Gasteiger partial charge on any atom is 0.139 e. The molecule has 1 saturated carbocycles. The van der Waals surface area contributed by atoms with Crippen molar-refractivity contribution >= 4 is 5.78 Å². The number of rotatable bonds is 4. The first kappa shape index (κ1) is 12.0. The highest BCUT2D eigenvalue weighted by molar-refractivity contribution is 5.87. The Bertz CT molecular complexity index is 462. The van der Waals surface area contributed by atoms with Crippen LogP contribution in [0.5, 0.6) is 0 Å². The van der Waals surface area contributed by atoms with Crippen molar-refractivity contribution in [1.82, 2.24) is 0 Å². The molecule has 0 spiro atoms. The van der Waals surface area contributed by atoms with E-state index < -0.39 is 0 Å². The molecule has 0 aromatic heterocycles. The number of hydrogen-bond donors (Lipinski definition) is 0. The van der Waals surface area contributed by atoms with Gasteiger partial charge >= 0.3 is 0 Å². The largest absolute Gasteiger partial charge is 0.299 e. The molecule has 3 rings (SSSR count). The molecule has 1 fully saturated rings. The van der Waals surface area contributed by atoms with Crippen LogP contribution in [0.3, 0.4) is 0 Å². The third-order valence-electron chi connectivity index (χ3n) is 4.87. The second-order valence-electron chi connectivity index (χ2n) is 6.05. The SMILES string of the molecule is CCCC(C)C(=O)C1C2CCc3ccccc3C21. The normalized spacial score (nSPS) is 30.2. The zero-order valence-corrected chi connectivity index (χ0v) is 11.4. The smallest absolute Gasteiger partial charge is 0.139 e. The van der Waals surface area contributed by atoms with E-state index in [0.29, 0.717) is 23.5 Å². The number of Topliss-reactive ketones (excluding diaryl/α,β-unsaturated/α-hetero) is 1. The molecule has 96 valence electrons. The van der Waals surface area contributed by atoms with Gasteiger partial charge in [0.1, 0.15) is 5.78 Å². The molecular formula is C17H22O. The molecule has 1 heteroatoms. The maximum atomic E-state index is 12.5. The molecule has 18 heavy (non-hydrogen) atoms. The van der Waals surface area contributed by atoms with Gasteiger partial charge in [0.25, 0.3) is 0 Å². The molecule has 0 bridgehead atoms. The topological polar surface area (TPSA) is 17.1 Å². The lowest BCUT2D eigenvalue weighted by molar-refractivity contribution is -0.124. The van der Waals surface area contributed by atoms with Crippen molar-refractivity contribution < 1.29 is 4.79 Å². The molecule has 0 heterocycles. The Morgan fingerprint density at radius 3 is 2.94 bits per heavy atom. The van der Waals surface area contributed by atoms with E-state index in [9.17, 15) is 4.79 Å². The van der Waals surface area contributed by atoms with Crippen LogP contribution >= 0.6 is 0 Å². The van der Waals surface area contributed by atoms with E-state index in [1.54, 1.807) is 0 Å². The summed E-state index contributed by atoms with van der Waals surface area (Å²) in [7, 11) is 0. The van der Waals surface area contributed by atoms with E-state index >= 15 is 0 Å². The Morgan fingerprint density at radius 2 is 2.17 bits per heavy atom. The fraction of sp³-hybridized carbons (Fsp3) is 0.588. The molecule has 0 amide bonds. The first-order valence-electron chi connectivity index (χ1n) is 7.35. The standard InChI is InChI=1S/C17H22O/c1-3-6-11(2)17(18)16-14-10-9-12-7-4-5-8-13(12)15(14)16/h4-5,7-8,11,14-16H,3,6,9-10H2,1-2H3. The molecule has 0 N–H and O–H groups in total. The first-order valence-corrected chi connectivity index (χ1v) is 7.35. The quantitative estimate of drug-likeness (QED) is 0.781. The highest BCUT2D eigenvalue weighted by Gasteiger charge is 2.57. The van der Waals surface area contributed by atoms with E-state index in [2.05, 4.69) is 38.1 Å². The van der Waals surface area contributed by atoms with Gasteiger partial charge in [0.2, 0.25) is 0 Å². The number of ketones is 1. The summed E-state index contributed by atoms with van der Waals surface area (Å²) in [6.45, 7) is 4.28. The monoisotopic (exact) mass is 242 g/mol. The predicted molar refractivity (Wildman–Crippen MR) is 73.6 cm³/mol. The van der Waals surface area contributed by atoms with Crippen LogP contribution in [0, 0.1) is 17.8 Å². The van der Waals surface area contributed by atoms with Gasteiger partial charge in [-0.3, -0.25) is 4.79 Å². The highest BCUT2D eigenvalue weighted by atomic mass is 16.1. The summed E-state index contributed by atoms with van der Waals surface area (Å²) in [6, 6.07) is 8.72. The van der Waals surface area contributed by atoms with Crippen LogP contribution in [-0.4, -0.2) is 5.78 Å². The van der Waals surface area contributed by atoms with Crippen LogP contribution in [0.4, 0.5) is 0 Å². The Kier molecular flexibility index (Phi) is 3.01. The van der Waals surface area contributed by atoms with Crippen LogP contribution in [0.1, 0.15) is 50.2 Å². The van der Waals surface area contributed by atoms with Crippen LogP contribution in [0.2, 0.25) is 0 Å². The fourth-order valence-electron chi connectivity index (χ4n) is 3.86. The number of carbonyl (C=O) groups is 1. The molecule has 4 unspecified atom stereocenters. The maximum absolute atomic E-state index is 12.5. The van der Waals surface area contributed by atoms with Crippen molar-refractivity contribution in [3.8, 4) is 0 Å². The van der Waals surface area contributed by atoms with Gasteiger partial charge in [0.15, 0.2) is 0 Å². The van der Waals surface area contributed by atoms with Gasteiger partial charge < -0.3 is 0 Å². The molecule has 1 aromatic carbocycles. The Labute approximate surface area is 110 Å². The van der Waals surface area contributed by atoms with Crippen molar-refractivity contribution in [2.24, 2.45) is 17.8 Å². The highest BCUT2D eigenvalue weighted by Crippen LogP contribution is 2.60. The number of hydrogen-bond acceptors (Lipinski definition) is 1. The summed E-state index contributed by atoms with van der Waals surface area (Å²) in [5.74, 6) is 2.35. The average Bonchev–Trinajstić information content (AvgIpc) is 3.13. The third kappa shape index (κ3) is 1.81. The van der Waals surface area contributed by atoms with Gasteiger partial charge in [0, 0.05) is 11.8 Å². The number of fused-ring (bicyclic) bond motifs is 3. The van der Waals surface area contributed by atoms with Gasteiger partial charge in [-0.25, -0.2) is 0 Å². The average molecular weight is 242 g/mol. The molecular weight excluding hydrogens is 220 g/mol. The van der Waals surface area contributed by atoms with Crippen molar-refractivity contribution in [1.29, 1.82) is 0 Å². The zero-order chi connectivity index (χ0) is 12.7. The molecule has 2 aliphatic rings. The van der Waals surface area contributed by atoms with Crippen molar-refractivity contribution in [2.75, 3.05) is 0 Å². The minimum atomic E-state index is 0.262. The summed E-state index contributed by atoms with van der Waals surface area (Å²) >= 11 is 0. The molecule has 0 radical (unpaired) electrons. The molecule has 0 aliphatic heterocycles. The van der Waals surface area contributed by atoms with Gasteiger partial charge in [-0.1, -0.05) is 44.5 Å². The number of aryl methyl sites for hydroxylation is 1. The lowest BCUT2D eigenvalue weighted by atomic mass is 9.92. The Morgan fingerprint density at radius 1 is 1.39 bits per heavy atom. The van der Waals surface area contributed by atoms with E-state index in [-0.39, 0.29) is 5.92 Å². The van der Waals surface area contributed by atoms with E-state index in [1.807, 2.05) is 0 Å². The zero-order valence-electron chi connectivity index (χ0n) is 11.4. The third-order valence-corrected chi connectivity index (χ3v) is 4.87. The van der Waals surface area contributed by atoms with Crippen LogP contribution in [0.15, 0.2) is 24.3 Å². The van der Waals surface area contributed by atoms with Gasteiger partial charge in [-0.05, 0) is 42.2 Å². The van der Waals surface area contributed by atoms with Crippen molar-refractivity contribution in [3.05, 3.63) is 35.4 Å². The lowest BCUT2D eigenvalue weighted by Crippen LogP contribution is -2.14. The minimum absolute atomic E-state index is 0.262. The van der Waals surface area contributed by atoms with Crippen molar-refractivity contribution in [2.45, 2.75) is 45.4 Å². The van der Waals surface area contributed by atoms with Crippen LogP contribution in [-0.2, 0) is 11.2 Å². The molecule has 1 aromatic rings. The molecule has 4 atom stereocenters. The van der Waals surface area contributed by atoms with Crippen LogP contribution in [0.25, 0.3) is 0 Å². The number of benzene rings is 1. The predicted octanol–water partition coefficient (Wildman–Crippen LogP) is 3.97. The van der Waals surface area contributed by atoms with E-state index in [0.717, 1.165) is 12.8 Å². The van der Waals surface area contributed by atoms with Gasteiger partial charge in [-0.15, -0.1) is 0 Å². The summed E-state index contributed by atoms with van der Waals surface area (Å²) in [5.41, 5.74) is 2.95. The van der Waals surface area contributed by atoms with E-state index in [1.165, 1.54) is 24.0 Å². The molecule has 1 nitrogen and oxygen atoms in total. The fourth-order valence-corrected chi connectivity index (χ4v) is 3.86. The van der Waals surface area contributed by atoms with Crippen molar-refractivity contribution in [3.63, 3.8) is 0 Å². The second kappa shape index (κ2) is 4.53. The van der Waals surface area contributed by atoms with Crippen LogP contribution < -0.4 is 0 Å². The molecule has 0 saturated heterocycles. The summed E-state index contributed by atoms with van der Waals surface area (Å²) in [6.07, 6.45) is 4.56. The summed E-state index contributed by atoms with van der Waals surface area (Å²) in [5, 5.41) is 0. The lowest BCUT2D eigenvalue weighted by Gasteiger charge is -2.13. The number of carbonyl (C=O) groups excluding carboxylic acids is 1. The summed E-state index contributed by atoms with van der Waals surface area (Å²) in [4.78, 5) is 12.5. The van der Waals surface area contributed by atoms with Gasteiger partial charge in [-0.2, -0.15) is 0 Å².